The summed E-state index contributed by atoms with van der Waals surface area (Å²) in [5.74, 6) is 0.0213. The fourth-order valence-electron chi connectivity index (χ4n) is 2.63. The molecule has 0 aliphatic rings. The van der Waals surface area contributed by atoms with E-state index in [1.165, 1.54) is 11.1 Å². The number of nitrogens with zero attached hydrogens (tertiary/aromatic N) is 3. The van der Waals surface area contributed by atoms with Crippen molar-refractivity contribution in [1.82, 2.24) is 9.97 Å². The second kappa shape index (κ2) is 9.73. The van der Waals surface area contributed by atoms with E-state index in [2.05, 4.69) is 9.97 Å². The highest BCUT2D eigenvalue weighted by Gasteiger charge is 2.24. The van der Waals surface area contributed by atoms with Crippen LogP contribution < -0.4 is 14.4 Å². The Labute approximate surface area is 183 Å². The number of likely N-dealkylation sites (N-methyl/N-ethyl adjacent to an activating group) is 1. The minimum atomic E-state index is -0.787. The molecule has 0 fully saturated rings. The molecule has 3 aromatic rings. The van der Waals surface area contributed by atoms with Gasteiger partial charge in [0.1, 0.15) is 11.5 Å². The number of aromatic nitrogens is 2. The number of halogens is 3. The molecule has 0 saturated carbocycles. The van der Waals surface area contributed by atoms with Crippen molar-refractivity contribution in [2.45, 2.75) is 20.0 Å². The van der Waals surface area contributed by atoms with Crippen LogP contribution in [0.4, 0.5) is 10.2 Å². The van der Waals surface area contributed by atoms with Crippen molar-refractivity contribution >= 4 is 34.9 Å². The van der Waals surface area contributed by atoms with Crippen molar-refractivity contribution in [1.29, 1.82) is 0 Å². The van der Waals surface area contributed by atoms with Gasteiger partial charge in [0, 0.05) is 18.9 Å². The van der Waals surface area contributed by atoms with E-state index in [1.54, 1.807) is 49.5 Å². The molecule has 156 valence electrons. The Hall–Kier alpha value is -2.90. The third-order valence-corrected chi connectivity index (χ3v) is 4.55. The summed E-state index contributed by atoms with van der Waals surface area (Å²) in [5.41, 5.74) is 0. The predicted molar refractivity (Wildman–Crippen MR) is 113 cm³/mol. The maximum atomic E-state index is 13.8. The molecule has 1 amide bonds. The summed E-state index contributed by atoms with van der Waals surface area (Å²) >= 11 is 11.8. The summed E-state index contributed by atoms with van der Waals surface area (Å²) in [7, 11) is 0. The Balaban J connectivity index is 1.67. The number of hydrogen-bond acceptors (Lipinski definition) is 5. The lowest BCUT2D eigenvalue weighted by atomic mass is 10.3. The predicted octanol–water partition coefficient (Wildman–Crippen LogP) is 5.54. The lowest BCUT2D eigenvalue weighted by Gasteiger charge is -2.24. The first-order chi connectivity index (χ1) is 14.4. The van der Waals surface area contributed by atoms with Gasteiger partial charge in [-0.25, -0.2) is 14.4 Å². The lowest BCUT2D eigenvalue weighted by Crippen LogP contribution is -2.41. The number of pyridine rings is 2. The summed E-state index contributed by atoms with van der Waals surface area (Å²) in [6.45, 7) is 3.85. The Morgan fingerprint density at radius 2 is 1.87 bits per heavy atom. The quantitative estimate of drug-likeness (QED) is 0.473. The first-order valence-corrected chi connectivity index (χ1v) is 9.82. The van der Waals surface area contributed by atoms with Crippen LogP contribution in [-0.4, -0.2) is 28.5 Å². The number of carbonyl (C=O) groups excluding carboxylic acids is 1. The first kappa shape index (κ1) is 21.8. The van der Waals surface area contributed by atoms with Gasteiger partial charge in [-0.2, -0.15) is 0 Å². The zero-order valence-electron chi connectivity index (χ0n) is 16.2. The lowest BCUT2D eigenvalue weighted by molar-refractivity contribution is -0.124. The van der Waals surface area contributed by atoms with E-state index in [-0.39, 0.29) is 16.8 Å². The molecule has 0 bridgehead atoms. The van der Waals surface area contributed by atoms with Crippen LogP contribution in [0, 0.1) is 5.82 Å². The van der Waals surface area contributed by atoms with E-state index in [1.807, 2.05) is 6.92 Å². The van der Waals surface area contributed by atoms with Gasteiger partial charge in [0.2, 0.25) is 0 Å². The van der Waals surface area contributed by atoms with Gasteiger partial charge in [-0.3, -0.25) is 9.69 Å². The fraction of sp³-hybridized carbons (Fsp3) is 0.190. The zero-order valence-corrected chi connectivity index (χ0v) is 17.7. The third-order valence-electron chi connectivity index (χ3n) is 4.05. The van der Waals surface area contributed by atoms with Crippen LogP contribution >= 0.6 is 23.2 Å². The van der Waals surface area contributed by atoms with Gasteiger partial charge in [0.15, 0.2) is 17.7 Å². The molecule has 1 atom stereocenters. The van der Waals surface area contributed by atoms with Gasteiger partial charge in [-0.1, -0.05) is 23.2 Å². The van der Waals surface area contributed by atoms with Gasteiger partial charge in [0.25, 0.3) is 11.8 Å². The fourth-order valence-corrected chi connectivity index (χ4v) is 3.00. The maximum absolute atomic E-state index is 13.8. The summed E-state index contributed by atoms with van der Waals surface area (Å²) in [4.78, 5) is 22.3. The SMILES string of the molecule is CCN(C(=O)[C@@H](C)Oc1ccc(Oc2ncc(Cl)cc2F)cc1)c1ncccc1Cl. The molecule has 0 unspecified atom stereocenters. The molecule has 2 aromatic heterocycles. The Morgan fingerprint density at radius 3 is 2.50 bits per heavy atom. The van der Waals surface area contributed by atoms with Crippen LogP contribution in [0.25, 0.3) is 0 Å². The van der Waals surface area contributed by atoms with Crippen LogP contribution in [0.2, 0.25) is 10.0 Å². The van der Waals surface area contributed by atoms with E-state index < -0.39 is 11.9 Å². The average molecular weight is 450 g/mol. The number of carbonyl (C=O) groups is 1. The number of benzene rings is 1. The number of rotatable bonds is 7. The summed E-state index contributed by atoms with van der Waals surface area (Å²) in [5, 5.41) is 0.555. The number of hydrogen-bond donors (Lipinski definition) is 0. The van der Waals surface area contributed by atoms with E-state index >= 15 is 0 Å². The molecule has 2 heterocycles. The smallest absolute Gasteiger partial charge is 0.268 e. The molecule has 0 spiro atoms. The third kappa shape index (κ3) is 5.17. The monoisotopic (exact) mass is 449 g/mol. The number of anilines is 1. The van der Waals surface area contributed by atoms with Gasteiger partial charge in [-0.15, -0.1) is 0 Å². The molecule has 0 radical (unpaired) electrons. The molecule has 30 heavy (non-hydrogen) atoms. The van der Waals surface area contributed by atoms with Gasteiger partial charge < -0.3 is 9.47 Å². The largest absolute Gasteiger partial charge is 0.481 e. The maximum Gasteiger partial charge on any atom is 0.268 e. The van der Waals surface area contributed by atoms with Crippen molar-refractivity contribution in [3.05, 3.63) is 70.7 Å². The minimum Gasteiger partial charge on any atom is -0.481 e. The molecule has 6 nitrogen and oxygen atoms in total. The van der Waals surface area contributed by atoms with Gasteiger partial charge >= 0.3 is 0 Å². The average Bonchev–Trinajstić information content (AvgIpc) is 2.73. The highest BCUT2D eigenvalue weighted by atomic mass is 35.5. The molecule has 3 rings (SSSR count). The molecular weight excluding hydrogens is 432 g/mol. The number of amides is 1. The molecule has 9 heteroatoms. The van der Waals surface area contributed by atoms with E-state index in [4.69, 9.17) is 32.7 Å². The van der Waals surface area contributed by atoms with Crippen LogP contribution in [0.15, 0.2) is 54.9 Å². The molecule has 1 aromatic carbocycles. The highest BCUT2D eigenvalue weighted by Crippen LogP contribution is 2.27. The Kier molecular flexibility index (Phi) is 7.07. The van der Waals surface area contributed by atoms with Crippen molar-refractivity contribution in [2.24, 2.45) is 0 Å². The molecule has 0 saturated heterocycles. The topological polar surface area (TPSA) is 64.6 Å². The second-order valence-corrected chi connectivity index (χ2v) is 7.01. The van der Waals surface area contributed by atoms with E-state index in [9.17, 15) is 9.18 Å². The van der Waals surface area contributed by atoms with Crippen LogP contribution in [0.1, 0.15) is 13.8 Å². The van der Waals surface area contributed by atoms with Crippen LogP contribution in [0.3, 0.4) is 0 Å². The standard InChI is InChI=1S/C21H18Cl2FN3O3/c1-3-27(19-17(23)5-4-10-25-19)21(28)13(2)29-15-6-8-16(9-7-15)30-20-18(24)11-14(22)12-26-20/h4-13H,3H2,1-2H3/t13-/m1/s1. The first-order valence-electron chi connectivity index (χ1n) is 9.06. The molecule has 0 aliphatic heterocycles. The van der Waals surface area contributed by atoms with Crippen molar-refractivity contribution in [3.63, 3.8) is 0 Å². The van der Waals surface area contributed by atoms with Crippen molar-refractivity contribution in [3.8, 4) is 17.4 Å². The molecule has 0 aliphatic carbocycles. The zero-order chi connectivity index (χ0) is 21.7. The normalized spacial score (nSPS) is 11.6. The van der Waals surface area contributed by atoms with Crippen molar-refractivity contribution in [2.75, 3.05) is 11.4 Å². The van der Waals surface area contributed by atoms with Gasteiger partial charge in [-0.05, 0) is 56.3 Å². The molecule has 0 N–H and O–H groups in total. The molecular formula is C21H18Cl2FN3O3. The van der Waals surface area contributed by atoms with Gasteiger partial charge in [0.05, 0.1) is 10.0 Å². The van der Waals surface area contributed by atoms with E-state index in [0.29, 0.717) is 28.9 Å². The highest BCUT2D eigenvalue weighted by molar-refractivity contribution is 6.33. The minimum absolute atomic E-state index is 0.176. The summed E-state index contributed by atoms with van der Waals surface area (Å²) in [6.07, 6.45) is 2.07. The van der Waals surface area contributed by atoms with Crippen molar-refractivity contribution < 1.29 is 18.7 Å². The van der Waals surface area contributed by atoms with E-state index in [0.717, 1.165) is 6.07 Å². The summed E-state index contributed by atoms with van der Waals surface area (Å²) in [6, 6.07) is 10.8. The summed E-state index contributed by atoms with van der Waals surface area (Å²) < 4.78 is 24.9. The Bertz CT molecular complexity index is 1030. The van der Waals surface area contributed by atoms with Crippen LogP contribution in [-0.2, 0) is 4.79 Å². The Morgan fingerprint density at radius 1 is 1.17 bits per heavy atom. The number of ether oxygens (including phenoxy) is 2. The second-order valence-electron chi connectivity index (χ2n) is 6.17. The van der Waals surface area contributed by atoms with Crippen LogP contribution in [0.5, 0.6) is 17.4 Å².